The lowest BCUT2D eigenvalue weighted by atomic mass is 10.0. The van der Waals surface area contributed by atoms with Gasteiger partial charge >= 0.3 is 23.5 Å². The molecule has 2 aromatic heterocycles. The highest BCUT2D eigenvalue weighted by Gasteiger charge is 2.42. The number of ether oxygens (including phenoxy) is 1. The maximum absolute atomic E-state index is 11.9. The smallest absolute Gasteiger partial charge is 0.383 e. The molecule has 0 aliphatic carbocycles. The third kappa shape index (κ3) is 6.31. The van der Waals surface area contributed by atoms with Crippen molar-refractivity contribution in [2.24, 2.45) is 5.92 Å². The van der Waals surface area contributed by atoms with Crippen LogP contribution in [0, 0.1) is 9.49 Å². The highest BCUT2D eigenvalue weighted by Crippen LogP contribution is 2.66. The van der Waals surface area contributed by atoms with Gasteiger partial charge in [-0.15, -0.1) is 0 Å². The molecule has 19 heteroatoms. The first-order valence-electron chi connectivity index (χ1n) is 8.38. The van der Waals surface area contributed by atoms with Gasteiger partial charge in [0, 0.05) is 9.77 Å². The van der Waals surface area contributed by atoms with E-state index >= 15 is 0 Å². The molecule has 3 rings (SSSR count). The van der Waals surface area contributed by atoms with E-state index in [1.807, 2.05) is 0 Å². The fourth-order valence-corrected chi connectivity index (χ4v) is 6.84. The highest BCUT2D eigenvalue weighted by molar-refractivity contribution is 14.1. The van der Waals surface area contributed by atoms with Gasteiger partial charge in [-0.25, -0.2) is 23.7 Å². The second-order valence-electron chi connectivity index (χ2n) is 6.57. The zero-order chi connectivity index (χ0) is 23.2. The lowest BCUT2D eigenvalue weighted by Gasteiger charge is -2.20. The van der Waals surface area contributed by atoms with Gasteiger partial charge in [0.05, 0.1) is 18.1 Å². The summed E-state index contributed by atoms with van der Waals surface area (Å²) < 4.78 is 54.4. The maximum Gasteiger partial charge on any atom is 0.490 e. The van der Waals surface area contributed by atoms with Gasteiger partial charge in [0.2, 0.25) is 0 Å². The number of fused-ring (bicyclic) bond motifs is 1. The van der Waals surface area contributed by atoms with E-state index in [4.69, 9.17) is 20.3 Å². The molecule has 1 saturated heterocycles. The van der Waals surface area contributed by atoms with Crippen molar-refractivity contribution >= 4 is 62.9 Å². The fraction of sp³-hybridized carbons (Fsp3) is 0.500. The van der Waals surface area contributed by atoms with Crippen LogP contribution in [-0.2, 0) is 31.6 Å². The molecule has 1 aliphatic rings. The first-order chi connectivity index (χ1) is 14.2. The minimum atomic E-state index is -5.57. The number of rotatable bonds is 8. The van der Waals surface area contributed by atoms with Crippen molar-refractivity contribution in [3.63, 3.8) is 0 Å². The predicted molar refractivity (Wildman–Crippen MR) is 112 cm³/mol. The Labute approximate surface area is 188 Å². The third-order valence-corrected chi connectivity index (χ3v) is 8.88. The zero-order valence-electron chi connectivity index (χ0n) is 15.6. The molecule has 15 nitrogen and oxygen atoms in total. The van der Waals surface area contributed by atoms with Gasteiger partial charge in [-0.1, -0.05) is 6.92 Å². The zero-order valence-corrected chi connectivity index (χ0v) is 20.4. The lowest BCUT2D eigenvalue weighted by Crippen LogP contribution is -2.20. The van der Waals surface area contributed by atoms with Crippen LogP contribution in [0.4, 0.5) is 5.82 Å². The van der Waals surface area contributed by atoms with E-state index in [0.717, 1.165) is 3.57 Å². The number of hydrogen-bond acceptors (Lipinski definition) is 10. The van der Waals surface area contributed by atoms with Crippen LogP contribution in [0.15, 0.2) is 12.5 Å². The van der Waals surface area contributed by atoms with Crippen LogP contribution < -0.4 is 5.73 Å². The summed E-state index contributed by atoms with van der Waals surface area (Å²) >= 11 is 2.08. The molecule has 1 fully saturated rings. The molecule has 0 saturated carbocycles. The molecule has 3 heterocycles. The standard InChI is InChI=1S/C12H18IN4O11P3/c1-6-2-9(17-3-7(13)10-11(14)15-5-16-12(10)17)26-8(6)4-25-30(21,22)28-31(23,24)27-29(18,19)20/h3,5-6,8-9H,2,4H2,1H3,(H,21,22)(H,23,24)(H2,14,15,16)(H2,18,19,20)/t6-,8+,9+/m0/s1. The highest BCUT2D eigenvalue weighted by atomic mass is 127. The number of halogens is 1. The van der Waals surface area contributed by atoms with Crippen LogP contribution in [0.25, 0.3) is 11.0 Å². The molecule has 2 aromatic rings. The first-order valence-corrected chi connectivity index (χ1v) is 14.0. The molecular formula is C12H18IN4O11P3. The summed E-state index contributed by atoms with van der Waals surface area (Å²) in [5.74, 6) is 0.134. The molecule has 0 aromatic carbocycles. The van der Waals surface area contributed by atoms with E-state index in [-0.39, 0.29) is 5.92 Å². The largest absolute Gasteiger partial charge is 0.490 e. The van der Waals surface area contributed by atoms with Crippen LogP contribution in [0.5, 0.6) is 0 Å². The van der Waals surface area contributed by atoms with E-state index < -0.39 is 42.4 Å². The topological polar surface area (TPSA) is 226 Å². The number of phosphoric acid groups is 3. The van der Waals surface area contributed by atoms with Gasteiger partial charge in [-0.05, 0) is 34.9 Å². The van der Waals surface area contributed by atoms with Gasteiger partial charge in [0.1, 0.15) is 24.0 Å². The quantitative estimate of drug-likeness (QED) is 0.212. The molecule has 5 atom stereocenters. The molecule has 1 aliphatic heterocycles. The van der Waals surface area contributed by atoms with Crippen LogP contribution in [0.3, 0.4) is 0 Å². The summed E-state index contributed by atoms with van der Waals surface area (Å²) in [4.78, 5) is 44.1. The van der Waals surface area contributed by atoms with E-state index in [1.54, 1.807) is 17.7 Å². The Hall–Kier alpha value is -0.480. The van der Waals surface area contributed by atoms with Crippen LogP contribution in [0.1, 0.15) is 19.6 Å². The average Bonchev–Trinajstić information content (AvgIpc) is 3.11. The van der Waals surface area contributed by atoms with E-state index in [9.17, 15) is 23.5 Å². The minimum absolute atomic E-state index is 0.174. The number of hydrogen-bond donors (Lipinski definition) is 5. The van der Waals surface area contributed by atoms with Gasteiger partial charge in [0.25, 0.3) is 0 Å². The average molecular weight is 614 g/mol. The normalized spacial score (nSPS) is 26.1. The third-order valence-electron chi connectivity index (χ3n) is 4.26. The van der Waals surface area contributed by atoms with Crippen molar-refractivity contribution in [2.45, 2.75) is 25.7 Å². The Morgan fingerprint density at radius 3 is 2.55 bits per heavy atom. The minimum Gasteiger partial charge on any atom is -0.383 e. The number of phosphoric ester groups is 1. The number of nitrogen functional groups attached to an aromatic ring is 1. The molecular weight excluding hydrogens is 596 g/mol. The summed E-state index contributed by atoms with van der Waals surface area (Å²) in [6.45, 7) is 1.28. The van der Waals surface area contributed by atoms with Crippen molar-refractivity contribution in [2.75, 3.05) is 12.3 Å². The fourth-order valence-electron chi connectivity index (χ4n) is 3.00. The van der Waals surface area contributed by atoms with Gasteiger partial charge in [-0.3, -0.25) is 4.52 Å². The molecule has 6 N–H and O–H groups in total. The second kappa shape index (κ2) is 9.05. The van der Waals surface area contributed by atoms with Gasteiger partial charge in [-0.2, -0.15) is 8.62 Å². The number of nitrogens with zero attached hydrogens (tertiary/aromatic N) is 3. The summed E-state index contributed by atoms with van der Waals surface area (Å²) in [6.07, 6.45) is 2.34. The van der Waals surface area contributed by atoms with E-state index in [0.29, 0.717) is 23.3 Å². The Kier molecular flexibility index (Phi) is 7.34. The van der Waals surface area contributed by atoms with E-state index in [2.05, 4.69) is 45.7 Å². The Bertz CT molecular complexity index is 1120. The van der Waals surface area contributed by atoms with Crippen molar-refractivity contribution in [3.05, 3.63) is 16.1 Å². The van der Waals surface area contributed by atoms with Crippen LogP contribution in [-0.4, -0.2) is 46.8 Å². The summed E-state index contributed by atoms with van der Waals surface area (Å²) in [5, 5.41) is 0.663. The van der Waals surface area contributed by atoms with Crippen LogP contribution in [0.2, 0.25) is 0 Å². The number of anilines is 1. The van der Waals surface area contributed by atoms with Gasteiger partial charge < -0.3 is 34.6 Å². The molecule has 2 unspecified atom stereocenters. The number of aromatic nitrogens is 3. The van der Waals surface area contributed by atoms with Crippen molar-refractivity contribution in [1.29, 1.82) is 0 Å². The Morgan fingerprint density at radius 1 is 1.23 bits per heavy atom. The second-order valence-corrected chi connectivity index (χ2v) is 12.2. The van der Waals surface area contributed by atoms with Gasteiger partial charge in [0.15, 0.2) is 0 Å². The molecule has 0 spiro atoms. The van der Waals surface area contributed by atoms with Crippen molar-refractivity contribution in [3.8, 4) is 0 Å². The Balaban J connectivity index is 1.67. The summed E-state index contributed by atoms with van der Waals surface area (Å²) in [6, 6.07) is 0. The predicted octanol–water partition coefficient (Wildman–Crippen LogP) is 1.88. The molecule has 0 amide bonds. The monoisotopic (exact) mass is 614 g/mol. The molecule has 0 bridgehead atoms. The van der Waals surface area contributed by atoms with E-state index in [1.165, 1.54) is 6.33 Å². The van der Waals surface area contributed by atoms with Crippen molar-refractivity contribution < 1.29 is 51.2 Å². The maximum atomic E-state index is 11.9. The van der Waals surface area contributed by atoms with Crippen molar-refractivity contribution in [1.82, 2.24) is 14.5 Å². The van der Waals surface area contributed by atoms with Crippen LogP contribution >= 0.6 is 46.1 Å². The summed E-state index contributed by atoms with van der Waals surface area (Å²) in [5.41, 5.74) is 6.45. The lowest BCUT2D eigenvalue weighted by molar-refractivity contribution is -0.0271. The SMILES string of the molecule is C[C@H]1C[C@H](n2cc(I)c3c(N)ncnc32)O[C@@H]1COP(=O)(O)OP(=O)(O)OP(=O)(O)O. The first kappa shape index (κ1) is 25.1. The molecule has 0 radical (unpaired) electrons. The molecule has 31 heavy (non-hydrogen) atoms. The molecule has 174 valence electrons. The Morgan fingerprint density at radius 2 is 1.90 bits per heavy atom. The summed E-state index contributed by atoms with van der Waals surface area (Å²) in [7, 11) is -16.3. The number of nitrogens with two attached hydrogens (primary N) is 1.